The van der Waals surface area contributed by atoms with Crippen molar-refractivity contribution in [3.8, 4) is 5.75 Å². The highest BCUT2D eigenvalue weighted by Gasteiger charge is 1.95. The van der Waals surface area contributed by atoms with E-state index in [2.05, 4.69) is 4.74 Å². The summed E-state index contributed by atoms with van der Waals surface area (Å²) >= 11 is 0. The van der Waals surface area contributed by atoms with Gasteiger partial charge in [-0.1, -0.05) is 6.07 Å². The number of ether oxygens (including phenoxy) is 2. The fourth-order valence-corrected chi connectivity index (χ4v) is 0.785. The topological polar surface area (TPSA) is 61.5 Å². The second kappa shape index (κ2) is 4.35. The number of nitrogen functional groups attached to an aromatic ring is 1. The maximum atomic E-state index is 10.4. The number of carbonyl (C=O) groups excluding carboxylic acids is 1. The number of rotatable bonds is 3. The summed E-state index contributed by atoms with van der Waals surface area (Å²) in [6.07, 6.45) is 0. The zero-order chi connectivity index (χ0) is 9.68. The zero-order valence-corrected chi connectivity index (χ0v) is 7.32. The number of benzene rings is 1. The normalized spacial score (nSPS) is 9.31. The molecule has 13 heavy (non-hydrogen) atoms. The minimum Gasteiger partial charge on any atom is -0.457 e. The first-order chi connectivity index (χ1) is 6.18. The minimum absolute atomic E-state index is 0.0845. The number of nitrogens with two attached hydrogens (primary N) is 1. The Morgan fingerprint density at radius 3 is 2.92 bits per heavy atom. The molecular weight excluding hydrogens is 170 g/mol. The SMILES string of the molecule is CC(=O)OCOc1cccc(N)c1. The van der Waals surface area contributed by atoms with E-state index in [0.29, 0.717) is 11.4 Å². The number of hydrogen-bond donors (Lipinski definition) is 1. The summed E-state index contributed by atoms with van der Waals surface area (Å²) in [5.74, 6) is 0.213. The summed E-state index contributed by atoms with van der Waals surface area (Å²) < 4.78 is 9.66. The van der Waals surface area contributed by atoms with Gasteiger partial charge in [-0.25, -0.2) is 0 Å². The van der Waals surface area contributed by atoms with Crippen molar-refractivity contribution in [2.75, 3.05) is 12.5 Å². The van der Waals surface area contributed by atoms with E-state index >= 15 is 0 Å². The van der Waals surface area contributed by atoms with Gasteiger partial charge in [0.05, 0.1) is 0 Å². The summed E-state index contributed by atoms with van der Waals surface area (Å²) in [4.78, 5) is 10.4. The first-order valence-electron chi connectivity index (χ1n) is 3.80. The third-order valence-corrected chi connectivity index (χ3v) is 1.35. The quantitative estimate of drug-likeness (QED) is 0.432. The zero-order valence-electron chi connectivity index (χ0n) is 7.32. The van der Waals surface area contributed by atoms with Gasteiger partial charge < -0.3 is 15.2 Å². The molecule has 70 valence electrons. The maximum Gasteiger partial charge on any atom is 0.305 e. The molecule has 4 heteroatoms. The fraction of sp³-hybridized carbons (Fsp3) is 0.222. The van der Waals surface area contributed by atoms with Gasteiger partial charge in [-0.05, 0) is 12.1 Å². The smallest absolute Gasteiger partial charge is 0.305 e. The van der Waals surface area contributed by atoms with Gasteiger partial charge in [0.25, 0.3) is 0 Å². The lowest BCUT2D eigenvalue weighted by molar-refractivity contribution is -0.147. The van der Waals surface area contributed by atoms with Crippen LogP contribution in [0.25, 0.3) is 0 Å². The van der Waals surface area contributed by atoms with Crippen LogP contribution >= 0.6 is 0 Å². The molecule has 0 heterocycles. The molecule has 0 atom stereocenters. The Bertz CT molecular complexity index is 299. The Kier molecular flexibility index (Phi) is 3.14. The van der Waals surface area contributed by atoms with Gasteiger partial charge in [-0.2, -0.15) is 0 Å². The van der Waals surface area contributed by atoms with E-state index in [1.807, 2.05) is 0 Å². The third-order valence-electron chi connectivity index (χ3n) is 1.35. The lowest BCUT2D eigenvalue weighted by Gasteiger charge is -2.05. The van der Waals surface area contributed by atoms with Crippen LogP contribution in [0.5, 0.6) is 5.75 Å². The largest absolute Gasteiger partial charge is 0.457 e. The van der Waals surface area contributed by atoms with E-state index in [1.54, 1.807) is 24.3 Å². The highest BCUT2D eigenvalue weighted by molar-refractivity contribution is 5.65. The standard InChI is InChI=1S/C9H11NO3/c1-7(11)12-6-13-9-4-2-3-8(10)5-9/h2-5H,6,10H2,1H3. The summed E-state index contributed by atoms with van der Waals surface area (Å²) in [5, 5.41) is 0. The van der Waals surface area contributed by atoms with E-state index in [4.69, 9.17) is 10.5 Å². The van der Waals surface area contributed by atoms with Gasteiger partial charge in [0, 0.05) is 18.7 Å². The molecule has 0 bridgehead atoms. The molecule has 0 radical (unpaired) electrons. The lowest BCUT2D eigenvalue weighted by Crippen LogP contribution is -2.06. The van der Waals surface area contributed by atoms with Crippen molar-refractivity contribution < 1.29 is 14.3 Å². The number of hydrogen-bond acceptors (Lipinski definition) is 4. The second-order valence-electron chi connectivity index (χ2n) is 2.47. The van der Waals surface area contributed by atoms with Crippen LogP contribution in [0.15, 0.2) is 24.3 Å². The summed E-state index contributed by atoms with van der Waals surface area (Å²) in [7, 11) is 0. The van der Waals surface area contributed by atoms with Crippen LogP contribution in [0.4, 0.5) is 5.69 Å². The van der Waals surface area contributed by atoms with E-state index in [-0.39, 0.29) is 12.8 Å². The van der Waals surface area contributed by atoms with E-state index in [9.17, 15) is 4.79 Å². The Balaban J connectivity index is 2.41. The van der Waals surface area contributed by atoms with Crippen molar-refractivity contribution in [1.29, 1.82) is 0 Å². The van der Waals surface area contributed by atoms with Crippen LogP contribution in [-0.4, -0.2) is 12.8 Å². The van der Waals surface area contributed by atoms with Crippen LogP contribution in [0.1, 0.15) is 6.92 Å². The maximum absolute atomic E-state index is 10.4. The van der Waals surface area contributed by atoms with Crippen molar-refractivity contribution in [1.82, 2.24) is 0 Å². The van der Waals surface area contributed by atoms with Crippen molar-refractivity contribution >= 4 is 11.7 Å². The highest BCUT2D eigenvalue weighted by atomic mass is 16.7. The molecule has 0 saturated heterocycles. The molecule has 1 aromatic carbocycles. The number of esters is 1. The molecule has 0 fully saturated rings. The molecule has 4 nitrogen and oxygen atoms in total. The summed E-state index contributed by atoms with van der Waals surface area (Å²) in [5.41, 5.74) is 6.11. The van der Waals surface area contributed by atoms with Crippen molar-refractivity contribution in [2.45, 2.75) is 6.92 Å². The van der Waals surface area contributed by atoms with Crippen LogP contribution in [0.3, 0.4) is 0 Å². The van der Waals surface area contributed by atoms with Crippen molar-refractivity contribution in [2.24, 2.45) is 0 Å². The molecule has 1 aromatic rings. The molecular formula is C9H11NO3. The first kappa shape index (κ1) is 9.38. The molecule has 0 unspecified atom stereocenters. The molecule has 1 rings (SSSR count). The number of anilines is 1. The highest BCUT2D eigenvalue weighted by Crippen LogP contribution is 2.13. The van der Waals surface area contributed by atoms with Gasteiger partial charge in [-0.15, -0.1) is 0 Å². The Hall–Kier alpha value is -1.71. The van der Waals surface area contributed by atoms with Crippen LogP contribution in [-0.2, 0) is 9.53 Å². The van der Waals surface area contributed by atoms with Gasteiger partial charge in [0.15, 0.2) is 0 Å². The molecule has 0 aliphatic heterocycles. The van der Waals surface area contributed by atoms with Crippen LogP contribution in [0, 0.1) is 0 Å². The molecule has 0 amide bonds. The third kappa shape index (κ3) is 3.46. The molecule has 2 N–H and O–H groups in total. The Morgan fingerprint density at radius 2 is 2.31 bits per heavy atom. The molecule has 0 aromatic heterocycles. The van der Waals surface area contributed by atoms with E-state index in [0.717, 1.165) is 0 Å². The van der Waals surface area contributed by atoms with E-state index < -0.39 is 0 Å². The van der Waals surface area contributed by atoms with Crippen molar-refractivity contribution in [3.63, 3.8) is 0 Å². The molecule has 0 saturated carbocycles. The number of carbonyl (C=O) groups is 1. The average molecular weight is 181 g/mol. The molecule has 0 aliphatic carbocycles. The van der Waals surface area contributed by atoms with E-state index in [1.165, 1.54) is 6.92 Å². The molecule has 0 spiro atoms. The Morgan fingerprint density at radius 1 is 1.54 bits per heavy atom. The molecule has 0 aliphatic rings. The average Bonchev–Trinajstić information content (AvgIpc) is 2.03. The lowest BCUT2D eigenvalue weighted by atomic mass is 10.3. The summed E-state index contributed by atoms with van der Waals surface area (Å²) in [6, 6.07) is 6.90. The first-order valence-corrected chi connectivity index (χ1v) is 3.80. The van der Waals surface area contributed by atoms with Gasteiger partial charge in [0.2, 0.25) is 6.79 Å². The van der Waals surface area contributed by atoms with Crippen molar-refractivity contribution in [3.05, 3.63) is 24.3 Å². The predicted octanol–water partition coefficient (Wildman–Crippen LogP) is 1.17. The van der Waals surface area contributed by atoms with Gasteiger partial charge in [-0.3, -0.25) is 4.79 Å². The van der Waals surface area contributed by atoms with Crippen LogP contribution < -0.4 is 10.5 Å². The Labute approximate surface area is 76.3 Å². The second-order valence-corrected chi connectivity index (χ2v) is 2.47. The predicted molar refractivity (Wildman–Crippen MR) is 48.1 cm³/mol. The fourth-order valence-electron chi connectivity index (χ4n) is 0.785. The van der Waals surface area contributed by atoms with Gasteiger partial charge in [0.1, 0.15) is 5.75 Å². The summed E-state index contributed by atoms with van der Waals surface area (Å²) in [6.45, 7) is 1.24. The van der Waals surface area contributed by atoms with Gasteiger partial charge >= 0.3 is 5.97 Å². The van der Waals surface area contributed by atoms with Crippen LogP contribution in [0.2, 0.25) is 0 Å². The monoisotopic (exact) mass is 181 g/mol. The minimum atomic E-state index is -0.371.